The number of carbonyl (C=O) groups is 2. The molecule has 1 aliphatic rings. The van der Waals surface area contributed by atoms with E-state index in [9.17, 15) is 22.8 Å². The molecule has 2 atom stereocenters. The third-order valence-electron chi connectivity index (χ3n) is 7.08. The Morgan fingerprint density at radius 3 is 2.33 bits per heavy atom. The van der Waals surface area contributed by atoms with E-state index >= 15 is 0 Å². The lowest BCUT2D eigenvalue weighted by molar-refractivity contribution is -0.151. The molecule has 3 aromatic carbocycles. The second-order valence-corrected chi connectivity index (χ2v) is 9.56. The van der Waals surface area contributed by atoms with Crippen LogP contribution in [0.2, 0.25) is 0 Å². The Labute approximate surface area is 241 Å². The Balaban J connectivity index is 1.95. The van der Waals surface area contributed by atoms with Crippen molar-refractivity contribution in [3.05, 3.63) is 82.4 Å². The molecule has 0 aromatic heterocycles. The zero-order chi connectivity index (χ0) is 30.6. The molecular weight excluding hydrogens is 555 g/mol. The minimum atomic E-state index is -4.66. The number of halogens is 3. The maximum Gasteiger partial charge on any atom is 0.416 e. The van der Waals surface area contributed by atoms with E-state index in [2.05, 4.69) is 0 Å². The number of fused-ring (bicyclic) bond motifs is 1. The Morgan fingerprint density at radius 1 is 0.952 bits per heavy atom. The van der Waals surface area contributed by atoms with Crippen LogP contribution in [0.25, 0.3) is 0 Å². The summed E-state index contributed by atoms with van der Waals surface area (Å²) in [7, 11) is 4.44. The Bertz CT molecular complexity index is 1460. The molecule has 0 saturated heterocycles. The monoisotopic (exact) mass is 587 g/mol. The fourth-order valence-electron chi connectivity index (χ4n) is 4.98. The number of methoxy groups -OCH3 is 3. The third-order valence-corrected chi connectivity index (χ3v) is 7.08. The zero-order valence-corrected chi connectivity index (χ0v) is 23.9. The number of benzene rings is 3. The lowest BCUT2D eigenvalue weighted by atomic mass is 9.93. The van der Waals surface area contributed by atoms with E-state index in [-0.39, 0.29) is 24.4 Å². The number of hydrogen-bond donors (Lipinski definition) is 0. The van der Waals surface area contributed by atoms with E-state index in [1.54, 1.807) is 50.2 Å². The van der Waals surface area contributed by atoms with Crippen LogP contribution in [-0.2, 0) is 31.8 Å². The first-order valence-corrected chi connectivity index (χ1v) is 13.2. The van der Waals surface area contributed by atoms with E-state index in [1.807, 2.05) is 0 Å². The van der Waals surface area contributed by atoms with Gasteiger partial charge in [0.05, 0.1) is 52.2 Å². The van der Waals surface area contributed by atoms with Crippen molar-refractivity contribution in [2.45, 2.75) is 45.2 Å². The Hall–Kier alpha value is -4.25. The molecule has 0 spiro atoms. The van der Waals surface area contributed by atoms with Crippen LogP contribution in [0.5, 0.6) is 17.2 Å². The van der Waals surface area contributed by atoms with E-state index in [0.29, 0.717) is 33.9 Å². The number of nitrogens with zero attached hydrogens (tertiary/aromatic N) is 1. The molecular formula is C31H32F3NO7. The van der Waals surface area contributed by atoms with Gasteiger partial charge in [-0.05, 0) is 61.4 Å². The number of rotatable bonds is 9. The van der Waals surface area contributed by atoms with Crippen LogP contribution in [0.4, 0.5) is 18.9 Å². The van der Waals surface area contributed by atoms with E-state index in [4.69, 9.17) is 23.7 Å². The van der Waals surface area contributed by atoms with Crippen LogP contribution in [-0.4, -0.2) is 45.9 Å². The molecule has 0 bridgehead atoms. The van der Waals surface area contributed by atoms with E-state index in [0.717, 1.165) is 12.1 Å². The van der Waals surface area contributed by atoms with Crippen LogP contribution in [0.3, 0.4) is 0 Å². The van der Waals surface area contributed by atoms with Crippen molar-refractivity contribution in [2.24, 2.45) is 0 Å². The number of esters is 1. The first kappa shape index (κ1) is 30.7. The summed E-state index contributed by atoms with van der Waals surface area (Å²) >= 11 is 0. The largest absolute Gasteiger partial charge is 0.497 e. The lowest BCUT2D eigenvalue weighted by Crippen LogP contribution is -2.40. The summed E-state index contributed by atoms with van der Waals surface area (Å²) in [6.45, 7) is 3.38. The van der Waals surface area contributed by atoms with Gasteiger partial charge in [0.15, 0.2) is 0 Å². The van der Waals surface area contributed by atoms with E-state index < -0.39 is 42.2 Å². The number of alkyl halides is 3. The molecule has 1 amide bonds. The number of anilines is 1. The van der Waals surface area contributed by atoms with Gasteiger partial charge < -0.3 is 28.6 Å². The minimum Gasteiger partial charge on any atom is -0.497 e. The highest BCUT2D eigenvalue weighted by atomic mass is 19.4. The fourth-order valence-corrected chi connectivity index (χ4v) is 4.98. The van der Waals surface area contributed by atoms with Crippen molar-refractivity contribution in [1.82, 2.24) is 0 Å². The number of ether oxygens (including phenoxy) is 5. The molecule has 3 aromatic rings. The third kappa shape index (κ3) is 6.30. The summed E-state index contributed by atoms with van der Waals surface area (Å²) in [5, 5.41) is 0. The molecule has 0 aliphatic carbocycles. The van der Waals surface area contributed by atoms with Gasteiger partial charge in [-0.1, -0.05) is 12.1 Å². The predicted octanol–water partition coefficient (Wildman–Crippen LogP) is 6.01. The molecule has 1 aliphatic heterocycles. The molecule has 0 radical (unpaired) electrons. The van der Waals surface area contributed by atoms with Crippen molar-refractivity contribution < 1.29 is 46.4 Å². The molecule has 224 valence electrons. The van der Waals surface area contributed by atoms with Gasteiger partial charge in [0.1, 0.15) is 29.5 Å². The van der Waals surface area contributed by atoms with Crippen LogP contribution in [0.15, 0.2) is 54.6 Å². The summed E-state index contributed by atoms with van der Waals surface area (Å²) in [4.78, 5) is 28.0. The van der Waals surface area contributed by atoms with Crippen molar-refractivity contribution in [1.29, 1.82) is 0 Å². The molecule has 0 saturated carbocycles. The van der Waals surface area contributed by atoms with Gasteiger partial charge in [-0.15, -0.1) is 0 Å². The second-order valence-electron chi connectivity index (χ2n) is 9.56. The highest BCUT2D eigenvalue weighted by molar-refractivity contribution is 6.00. The van der Waals surface area contributed by atoms with Gasteiger partial charge in [-0.25, -0.2) is 0 Å². The molecule has 8 nitrogen and oxygen atoms in total. The summed E-state index contributed by atoms with van der Waals surface area (Å²) in [6, 6.07) is 13.3. The molecule has 1 heterocycles. The highest BCUT2D eigenvalue weighted by Crippen LogP contribution is 2.44. The average Bonchev–Trinajstić information content (AvgIpc) is 3.07. The van der Waals surface area contributed by atoms with Crippen LogP contribution >= 0.6 is 0 Å². The smallest absolute Gasteiger partial charge is 0.416 e. The number of hydrogen-bond acceptors (Lipinski definition) is 7. The summed E-state index contributed by atoms with van der Waals surface area (Å²) in [5.74, 6) is 0.112. The van der Waals surface area contributed by atoms with Gasteiger partial charge in [0.25, 0.3) is 5.91 Å². The molecule has 4 rings (SSSR count). The first-order chi connectivity index (χ1) is 20.0. The molecule has 0 fully saturated rings. The second kappa shape index (κ2) is 12.7. The maximum absolute atomic E-state index is 14.1. The topological polar surface area (TPSA) is 83.5 Å². The number of carbonyl (C=O) groups excluding carboxylic acids is 2. The Morgan fingerprint density at radius 2 is 1.69 bits per heavy atom. The molecule has 11 heteroatoms. The summed E-state index contributed by atoms with van der Waals surface area (Å²) < 4.78 is 69.6. The SMILES string of the molecule is CCOC(=O)C[C@@H]1O[C@@H](c2cccc(OC)c2C)c2cc(C(F)(F)F)ccc2N(Cc2ccc(OC)cc2OC)C1=O. The quantitative estimate of drug-likeness (QED) is 0.284. The fraction of sp³-hybridized carbons (Fsp3) is 0.355. The summed E-state index contributed by atoms with van der Waals surface area (Å²) in [6.07, 6.45) is -7.62. The summed E-state index contributed by atoms with van der Waals surface area (Å²) in [5.41, 5.74) is 1.05. The van der Waals surface area contributed by atoms with Gasteiger partial charge in [-0.3, -0.25) is 9.59 Å². The van der Waals surface area contributed by atoms with Gasteiger partial charge in [0.2, 0.25) is 0 Å². The number of amides is 1. The van der Waals surface area contributed by atoms with Gasteiger partial charge >= 0.3 is 12.1 Å². The van der Waals surface area contributed by atoms with Gasteiger partial charge in [0, 0.05) is 17.2 Å². The zero-order valence-electron chi connectivity index (χ0n) is 23.9. The van der Waals surface area contributed by atoms with Crippen molar-refractivity contribution in [3.8, 4) is 17.2 Å². The molecule has 42 heavy (non-hydrogen) atoms. The van der Waals surface area contributed by atoms with E-state index in [1.165, 1.54) is 32.3 Å². The Kier molecular flexibility index (Phi) is 9.30. The minimum absolute atomic E-state index is 0.0834. The molecule has 0 N–H and O–H groups in total. The normalized spacial score (nSPS) is 16.9. The van der Waals surface area contributed by atoms with Crippen LogP contribution < -0.4 is 19.1 Å². The van der Waals surface area contributed by atoms with Gasteiger partial charge in [-0.2, -0.15) is 13.2 Å². The lowest BCUT2D eigenvalue weighted by Gasteiger charge is -2.26. The molecule has 0 unspecified atom stereocenters. The first-order valence-electron chi connectivity index (χ1n) is 13.2. The predicted molar refractivity (Wildman–Crippen MR) is 148 cm³/mol. The van der Waals surface area contributed by atoms with Crippen LogP contribution in [0.1, 0.15) is 47.3 Å². The van der Waals surface area contributed by atoms with Crippen LogP contribution in [0, 0.1) is 6.92 Å². The highest BCUT2D eigenvalue weighted by Gasteiger charge is 2.41. The average molecular weight is 588 g/mol. The van der Waals surface area contributed by atoms with Crippen molar-refractivity contribution in [3.63, 3.8) is 0 Å². The van der Waals surface area contributed by atoms with Crippen molar-refractivity contribution in [2.75, 3.05) is 32.8 Å². The van der Waals surface area contributed by atoms with Crippen molar-refractivity contribution >= 4 is 17.6 Å². The maximum atomic E-state index is 14.1. The standard InChI is InChI=1S/C31H32F3NO7/c1-6-41-28(36)16-27-30(37)35(17-19-10-12-21(38-3)15-26(19)40-5)24-13-11-20(31(32,33)34)14-23(24)29(42-27)22-8-7-9-25(39-4)18(22)2/h7-15,27,29H,6,16-17H2,1-5H3/t27-,29-/m0/s1.